The van der Waals surface area contributed by atoms with E-state index in [0.717, 1.165) is 22.6 Å². The zero-order chi connectivity index (χ0) is 16.1. The molecule has 0 atom stereocenters. The maximum Gasteiger partial charge on any atom is 0.224 e. The van der Waals surface area contributed by atoms with Crippen LogP contribution in [0.2, 0.25) is 0 Å². The van der Waals surface area contributed by atoms with Gasteiger partial charge in [-0.1, -0.05) is 18.2 Å². The molecule has 0 unspecified atom stereocenters. The lowest BCUT2D eigenvalue weighted by Crippen LogP contribution is -2.27. The van der Waals surface area contributed by atoms with Crippen molar-refractivity contribution in [2.24, 2.45) is 0 Å². The average molecular weight is 315 g/mol. The molecule has 1 N–H and O–H groups in total. The van der Waals surface area contributed by atoms with E-state index in [1.54, 1.807) is 12.1 Å². The van der Waals surface area contributed by atoms with Crippen LogP contribution in [0.25, 0.3) is 0 Å². The molecule has 2 aromatic carbocycles. The summed E-state index contributed by atoms with van der Waals surface area (Å²) in [5.74, 6) is 1.15. The number of amides is 1. The van der Waals surface area contributed by atoms with Gasteiger partial charge in [0, 0.05) is 6.54 Å². The molecule has 2 aromatic rings. The van der Waals surface area contributed by atoms with Crippen molar-refractivity contribution >= 4 is 5.91 Å². The smallest absolute Gasteiger partial charge is 0.224 e. The maximum absolute atomic E-state index is 12.8. The molecule has 0 radical (unpaired) electrons. The summed E-state index contributed by atoms with van der Waals surface area (Å²) in [6, 6.07) is 11.8. The van der Waals surface area contributed by atoms with E-state index in [0.29, 0.717) is 26.2 Å². The van der Waals surface area contributed by atoms with Crippen LogP contribution >= 0.6 is 0 Å². The van der Waals surface area contributed by atoms with Crippen LogP contribution in [-0.4, -0.2) is 25.7 Å². The SMILES string of the molecule is O=C(Cc1ccc(F)cc1)NCCc1ccc2c(c1)OCCO2. The second kappa shape index (κ2) is 7.13. The van der Waals surface area contributed by atoms with Crippen LogP contribution < -0.4 is 14.8 Å². The fourth-order valence-electron chi connectivity index (χ4n) is 2.44. The summed E-state index contributed by atoms with van der Waals surface area (Å²) < 4.78 is 23.8. The predicted octanol–water partition coefficient (Wildman–Crippen LogP) is 2.50. The first-order valence-corrected chi connectivity index (χ1v) is 7.60. The summed E-state index contributed by atoms with van der Waals surface area (Å²) >= 11 is 0. The number of hydrogen-bond donors (Lipinski definition) is 1. The molecule has 120 valence electrons. The van der Waals surface area contributed by atoms with E-state index < -0.39 is 0 Å². The predicted molar refractivity (Wildman–Crippen MR) is 84.2 cm³/mol. The topological polar surface area (TPSA) is 47.6 Å². The molecule has 5 heteroatoms. The van der Waals surface area contributed by atoms with Gasteiger partial charge in [-0.2, -0.15) is 0 Å². The Morgan fingerprint density at radius 1 is 1.00 bits per heavy atom. The number of fused-ring (bicyclic) bond motifs is 1. The Labute approximate surface area is 134 Å². The fourth-order valence-corrected chi connectivity index (χ4v) is 2.44. The number of carbonyl (C=O) groups is 1. The van der Waals surface area contributed by atoms with E-state index >= 15 is 0 Å². The number of benzene rings is 2. The second-order valence-corrected chi connectivity index (χ2v) is 5.38. The van der Waals surface area contributed by atoms with Gasteiger partial charge in [-0.05, 0) is 41.8 Å². The Hall–Kier alpha value is -2.56. The molecule has 23 heavy (non-hydrogen) atoms. The Balaban J connectivity index is 1.47. The number of halogens is 1. The third-order valence-corrected chi connectivity index (χ3v) is 3.62. The third kappa shape index (κ3) is 4.22. The van der Waals surface area contributed by atoms with Crippen molar-refractivity contribution in [3.63, 3.8) is 0 Å². The van der Waals surface area contributed by atoms with E-state index in [9.17, 15) is 9.18 Å². The lowest BCUT2D eigenvalue weighted by Gasteiger charge is -2.18. The summed E-state index contributed by atoms with van der Waals surface area (Å²) in [6.45, 7) is 1.68. The number of rotatable bonds is 5. The van der Waals surface area contributed by atoms with Gasteiger partial charge >= 0.3 is 0 Å². The molecule has 0 aromatic heterocycles. The molecule has 0 bridgehead atoms. The third-order valence-electron chi connectivity index (χ3n) is 3.62. The minimum atomic E-state index is -0.298. The summed E-state index contributed by atoms with van der Waals surface area (Å²) in [4.78, 5) is 11.9. The van der Waals surface area contributed by atoms with Crippen LogP contribution in [0.5, 0.6) is 11.5 Å². The monoisotopic (exact) mass is 315 g/mol. The van der Waals surface area contributed by atoms with Gasteiger partial charge in [-0.3, -0.25) is 4.79 Å². The first kappa shape index (κ1) is 15.3. The molecule has 0 aliphatic carbocycles. The number of hydrogen-bond acceptors (Lipinski definition) is 3. The lowest BCUT2D eigenvalue weighted by molar-refractivity contribution is -0.120. The van der Waals surface area contributed by atoms with Gasteiger partial charge in [0.1, 0.15) is 19.0 Å². The van der Waals surface area contributed by atoms with Crippen LogP contribution in [0.4, 0.5) is 4.39 Å². The zero-order valence-corrected chi connectivity index (χ0v) is 12.7. The molecule has 4 nitrogen and oxygen atoms in total. The first-order valence-electron chi connectivity index (χ1n) is 7.60. The molecule has 1 amide bonds. The Morgan fingerprint density at radius 3 is 2.48 bits per heavy atom. The van der Waals surface area contributed by atoms with Gasteiger partial charge in [0.15, 0.2) is 11.5 Å². The molecular weight excluding hydrogens is 297 g/mol. The Bertz CT molecular complexity index is 685. The van der Waals surface area contributed by atoms with Gasteiger partial charge in [0.25, 0.3) is 0 Å². The van der Waals surface area contributed by atoms with Crippen LogP contribution in [-0.2, 0) is 17.6 Å². The normalized spacial score (nSPS) is 12.7. The highest BCUT2D eigenvalue weighted by Gasteiger charge is 2.11. The molecular formula is C18H18FNO3. The highest BCUT2D eigenvalue weighted by molar-refractivity contribution is 5.78. The van der Waals surface area contributed by atoms with Gasteiger partial charge in [0.2, 0.25) is 5.91 Å². The molecule has 1 aliphatic rings. The number of ether oxygens (including phenoxy) is 2. The van der Waals surface area contributed by atoms with Crippen molar-refractivity contribution in [3.05, 3.63) is 59.4 Å². The molecule has 1 heterocycles. The van der Waals surface area contributed by atoms with Crippen molar-refractivity contribution in [2.75, 3.05) is 19.8 Å². The lowest BCUT2D eigenvalue weighted by atomic mass is 10.1. The van der Waals surface area contributed by atoms with Crippen molar-refractivity contribution in [1.29, 1.82) is 0 Å². The average Bonchev–Trinajstić information content (AvgIpc) is 2.57. The van der Waals surface area contributed by atoms with E-state index in [1.807, 2.05) is 18.2 Å². The first-order chi connectivity index (χ1) is 11.2. The van der Waals surface area contributed by atoms with Crippen molar-refractivity contribution in [2.45, 2.75) is 12.8 Å². The fraction of sp³-hybridized carbons (Fsp3) is 0.278. The zero-order valence-electron chi connectivity index (χ0n) is 12.7. The standard InChI is InChI=1S/C18H18FNO3/c19-15-4-1-13(2-5-15)12-18(21)20-8-7-14-3-6-16-17(11-14)23-10-9-22-16/h1-6,11H,7-10,12H2,(H,20,21). The van der Waals surface area contributed by atoms with Gasteiger partial charge < -0.3 is 14.8 Å². The number of carbonyl (C=O) groups excluding carboxylic acids is 1. The molecule has 3 rings (SSSR count). The highest BCUT2D eigenvalue weighted by atomic mass is 19.1. The van der Waals surface area contributed by atoms with E-state index in [-0.39, 0.29) is 18.1 Å². The molecule has 0 saturated carbocycles. The maximum atomic E-state index is 12.8. The molecule has 0 spiro atoms. The number of nitrogens with one attached hydrogen (secondary N) is 1. The van der Waals surface area contributed by atoms with E-state index in [4.69, 9.17) is 9.47 Å². The van der Waals surface area contributed by atoms with Crippen LogP contribution in [0, 0.1) is 5.82 Å². The van der Waals surface area contributed by atoms with Crippen molar-refractivity contribution in [1.82, 2.24) is 5.32 Å². The molecule has 0 fully saturated rings. The van der Waals surface area contributed by atoms with Crippen molar-refractivity contribution < 1.29 is 18.7 Å². The largest absolute Gasteiger partial charge is 0.486 e. The van der Waals surface area contributed by atoms with E-state index in [1.165, 1.54) is 12.1 Å². The minimum absolute atomic E-state index is 0.0749. The summed E-state index contributed by atoms with van der Waals surface area (Å²) in [5.41, 5.74) is 1.87. The summed E-state index contributed by atoms with van der Waals surface area (Å²) in [7, 11) is 0. The molecule has 0 saturated heterocycles. The molecule has 1 aliphatic heterocycles. The highest BCUT2D eigenvalue weighted by Crippen LogP contribution is 2.30. The van der Waals surface area contributed by atoms with Crippen LogP contribution in [0.15, 0.2) is 42.5 Å². The summed E-state index contributed by atoms with van der Waals surface area (Å²) in [6.07, 6.45) is 0.965. The van der Waals surface area contributed by atoms with Gasteiger partial charge in [-0.25, -0.2) is 4.39 Å². The van der Waals surface area contributed by atoms with Crippen molar-refractivity contribution in [3.8, 4) is 11.5 Å². The minimum Gasteiger partial charge on any atom is -0.486 e. The Morgan fingerprint density at radius 2 is 1.70 bits per heavy atom. The quantitative estimate of drug-likeness (QED) is 0.922. The van der Waals surface area contributed by atoms with Gasteiger partial charge in [0.05, 0.1) is 6.42 Å². The van der Waals surface area contributed by atoms with Gasteiger partial charge in [-0.15, -0.1) is 0 Å². The van der Waals surface area contributed by atoms with Crippen LogP contribution in [0.1, 0.15) is 11.1 Å². The van der Waals surface area contributed by atoms with E-state index in [2.05, 4.69) is 5.32 Å². The second-order valence-electron chi connectivity index (χ2n) is 5.38. The van der Waals surface area contributed by atoms with Crippen LogP contribution in [0.3, 0.4) is 0 Å². The summed E-state index contributed by atoms with van der Waals surface area (Å²) in [5, 5.41) is 2.87. The Kier molecular flexibility index (Phi) is 4.76.